The molecular weight excluding hydrogens is 297 g/mol. The maximum absolute atomic E-state index is 13.8. The molecule has 1 aromatic rings. The molecule has 4 heteroatoms. The van der Waals surface area contributed by atoms with Crippen LogP contribution in [0.3, 0.4) is 0 Å². The summed E-state index contributed by atoms with van der Waals surface area (Å²) in [5.41, 5.74) is 0.673. The van der Waals surface area contributed by atoms with Crippen molar-refractivity contribution in [2.45, 2.75) is 43.7 Å². The highest BCUT2D eigenvalue weighted by molar-refractivity contribution is 9.10. The van der Waals surface area contributed by atoms with Gasteiger partial charge in [0.1, 0.15) is 5.82 Å². The first-order valence-corrected chi connectivity index (χ1v) is 7.32. The molecule has 0 radical (unpaired) electrons. The third kappa shape index (κ3) is 2.28. The fraction of sp³-hybridized carbons (Fsp3) is 0.571. The molecule has 2 aliphatic rings. The van der Waals surface area contributed by atoms with Crippen molar-refractivity contribution in [1.82, 2.24) is 0 Å². The number of ether oxygens (including phenoxy) is 1. The molecule has 1 heterocycles. The molecule has 2 fully saturated rings. The predicted octanol–water partition coefficient (Wildman–Crippen LogP) is 4.10. The van der Waals surface area contributed by atoms with Gasteiger partial charge in [0, 0.05) is 17.1 Å². The summed E-state index contributed by atoms with van der Waals surface area (Å²) in [6, 6.07) is 5.38. The van der Waals surface area contributed by atoms with Gasteiger partial charge in [0.05, 0.1) is 11.3 Å². The van der Waals surface area contributed by atoms with Crippen LogP contribution >= 0.6 is 15.9 Å². The second-order valence-electron chi connectivity index (χ2n) is 5.32. The fourth-order valence-electron chi connectivity index (χ4n) is 2.91. The molecule has 0 bridgehead atoms. The van der Waals surface area contributed by atoms with E-state index in [1.807, 2.05) is 6.07 Å². The highest BCUT2D eigenvalue weighted by atomic mass is 79.9. The monoisotopic (exact) mass is 313 g/mol. The van der Waals surface area contributed by atoms with Crippen LogP contribution in [0.4, 0.5) is 10.1 Å². The molecular formula is C14H17BrFNO. The maximum Gasteiger partial charge on any atom is 0.147 e. The molecule has 2 nitrogen and oxygen atoms in total. The van der Waals surface area contributed by atoms with E-state index in [0.29, 0.717) is 11.7 Å². The summed E-state index contributed by atoms with van der Waals surface area (Å²) in [4.78, 5) is 0. The van der Waals surface area contributed by atoms with Gasteiger partial charge in [-0.25, -0.2) is 4.39 Å². The van der Waals surface area contributed by atoms with Crippen molar-refractivity contribution in [3.63, 3.8) is 0 Å². The number of hydrogen-bond acceptors (Lipinski definition) is 2. The Labute approximate surface area is 115 Å². The molecule has 1 aliphatic carbocycles. The van der Waals surface area contributed by atoms with Gasteiger partial charge in [-0.05, 0) is 60.2 Å². The summed E-state index contributed by atoms with van der Waals surface area (Å²) in [5, 5.41) is 3.34. The van der Waals surface area contributed by atoms with E-state index in [0.717, 1.165) is 36.8 Å². The lowest BCUT2D eigenvalue weighted by Crippen LogP contribution is -2.49. The van der Waals surface area contributed by atoms with Gasteiger partial charge in [0.25, 0.3) is 0 Å². The Morgan fingerprint density at radius 2 is 2.22 bits per heavy atom. The highest BCUT2D eigenvalue weighted by Crippen LogP contribution is 2.43. The molecule has 98 valence electrons. The molecule has 0 aromatic heterocycles. The van der Waals surface area contributed by atoms with Crippen LogP contribution in [-0.4, -0.2) is 18.2 Å². The second kappa shape index (κ2) is 4.82. The third-order valence-corrected chi connectivity index (χ3v) is 4.73. The Morgan fingerprint density at radius 1 is 1.39 bits per heavy atom. The van der Waals surface area contributed by atoms with E-state index in [2.05, 4.69) is 21.2 Å². The van der Waals surface area contributed by atoms with E-state index in [1.54, 1.807) is 6.07 Å². The molecule has 3 rings (SSSR count). The van der Waals surface area contributed by atoms with Gasteiger partial charge in [0.2, 0.25) is 0 Å². The van der Waals surface area contributed by atoms with Gasteiger partial charge in [0.15, 0.2) is 0 Å². The molecule has 1 spiro atoms. The first-order chi connectivity index (χ1) is 8.69. The quantitative estimate of drug-likeness (QED) is 0.887. The van der Waals surface area contributed by atoms with Crippen molar-refractivity contribution < 1.29 is 9.13 Å². The summed E-state index contributed by atoms with van der Waals surface area (Å²) in [7, 11) is 0. The van der Waals surface area contributed by atoms with E-state index < -0.39 is 0 Å². The van der Waals surface area contributed by atoms with Crippen LogP contribution in [0, 0.1) is 5.82 Å². The average Bonchev–Trinajstić information content (AvgIpc) is 2.33. The Balaban J connectivity index is 1.72. The van der Waals surface area contributed by atoms with Crippen molar-refractivity contribution in [2.24, 2.45) is 0 Å². The number of anilines is 1. The van der Waals surface area contributed by atoms with Crippen LogP contribution in [0.1, 0.15) is 32.1 Å². The van der Waals surface area contributed by atoms with Crippen LogP contribution in [0.5, 0.6) is 0 Å². The molecule has 18 heavy (non-hydrogen) atoms. The van der Waals surface area contributed by atoms with Crippen molar-refractivity contribution >= 4 is 21.6 Å². The van der Waals surface area contributed by atoms with Crippen molar-refractivity contribution in [1.29, 1.82) is 0 Å². The molecule has 1 aromatic carbocycles. The van der Waals surface area contributed by atoms with Crippen molar-refractivity contribution in [3.05, 3.63) is 28.5 Å². The summed E-state index contributed by atoms with van der Waals surface area (Å²) in [5.74, 6) is -0.196. The summed E-state index contributed by atoms with van der Waals surface area (Å²) in [6.07, 6.45) is 5.51. The smallest absolute Gasteiger partial charge is 0.147 e. The standard InChI is InChI=1S/C14H17BrFNO/c15-11-3-1-4-12(16)13(11)17-10-5-8-18-14(9-10)6-2-7-14/h1,3-4,10,17H,2,5-9H2. The summed E-state index contributed by atoms with van der Waals surface area (Å²) in [6.45, 7) is 0.781. The van der Waals surface area contributed by atoms with Crippen LogP contribution in [0.15, 0.2) is 22.7 Å². The van der Waals surface area contributed by atoms with E-state index in [-0.39, 0.29) is 11.4 Å². The minimum Gasteiger partial charge on any atom is -0.379 e. The zero-order valence-corrected chi connectivity index (χ0v) is 11.8. The first-order valence-electron chi connectivity index (χ1n) is 6.53. The van der Waals surface area contributed by atoms with Crippen LogP contribution in [-0.2, 0) is 4.74 Å². The second-order valence-corrected chi connectivity index (χ2v) is 6.17. The van der Waals surface area contributed by atoms with Crippen molar-refractivity contribution in [2.75, 3.05) is 11.9 Å². The van der Waals surface area contributed by atoms with E-state index in [4.69, 9.17) is 4.74 Å². The van der Waals surface area contributed by atoms with Gasteiger partial charge in [-0.2, -0.15) is 0 Å². The lowest BCUT2D eigenvalue weighted by atomic mass is 9.74. The van der Waals surface area contributed by atoms with Crippen LogP contribution in [0.25, 0.3) is 0 Å². The normalized spacial score (nSPS) is 25.8. The molecule has 1 aliphatic heterocycles. The van der Waals surface area contributed by atoms with Gasteiger partial charge in [-0.1, -0.05) is 6.07 Å². The number of benzene rings is 1. The van der Waals surface area contributed by atoms with E-state index in [9.17, 15) is 4.39 Å². The Kier molecular flexibility index (Phi) is 3.32. The van der Waals surface area contributed by atoms with Gasteiger partial charge >= 0.3 is 0 Å². The minimum atomic E-state index is -0.196. The number of nitrogens with one attached hydrogen (secondary N) is 1. The molecule has 1 atom stereocenters. The minimum absolute atomic E-state index is 0.0909. The number of hydrogen-bond donors (Lipinski definition) is 1. The molecule has 1 N–H and O–H groups in total. The summed E-state index contributed by atoms with van der Waals surface area (Å²) >= 11 is 3.40. The molecule has 1 unspecified atom stereocenters. The first kappa shape index (κ1) is 12.4. The van der Waals surface area contributed by atoms with Gasteiger partial charge < -0.3 is 10.1 Å². The Hall–Kier alpha value is -0.610. The van der Waals surface area contributed by atoms with E-state index >= 15 is 0 Å². The molecule has 1 saturated heterocycles. The summed E-state index contributed by atoms with van der Waals surface area (Å²) < 4.78 is 20.4. The van der Waals surface area contributed by atoms with Gasteiger partial charge in [-0.15, -0.1) is 0 Å². The zero-order valence-electron chi connectivity index (χ0n) is 10.2. The Morgan fingerprint density at radius 3 is 2.89 bits per heavy atom. The Bertz CT molecular complexity index is 427. The predicted molar refractivity (Wildman–Crippen MR) is 73.3 cm³/mol. The largest absolute Gasteiger partial charge is 0.379 e. The SMILES string of the molecule is Fc1cccc(Br)c1NC1CCOC2(CCC2)C1. The van der Waals surface area contributed by atoms with Crippen LogP contribution in [0.2, 0.25) is 0 Å². The number of para-hydroxylation sites is 1. The third-order valence-electron chi connectivity index (χ3n) is 4.07. The van der Waals surface area contributed by atoms with Crippen LogP contribution < -0.4 is 5.32 Å². The lowest BCUT2D eigenvalue weighted by molar-refractivity contribution is -0.130. The zero-order chi connectivity index (χ0) is 12.6. The number of rotatable bonds is 2. The molecule has 1 saturated carbocycles. The van der Waals surface area contributed by atoms with Crippen molar-refractivity contribution in [3.8, 4) is 0 Å². The number of halogens is 2. The fourth-order valence-corrected chi connectivity index (χ4v) is 3.37. The van der Waals surface area contributed by atoms with Gasteiger partial charge in [-0.3, -0.25) is 0 Å². The lowest BCUT2D eigenvalue weighted by Gasteiger charge is -2.47. The molecule has 0 amide bonds. The topological polar surface area (TPSA) is 21.3 Å². The van der Waals surface area contributed by atoms with E-state index in [1.165, 1.54) is 12.5 Å². The highest BCUT2D eigenvalue weighted by Gasteiger charge is 2.42. The maximum atomic E-state index is 13.8. The average molecular weight is 314 g/mol.